The zero-order valence-corrected chi connectivity index (χ0v) is 18.8. The van der Waals surface area contributed by atoms with Gasteiger partial charge in [0, 0.05) is 22.6 Å². The molecule has 2 aromatic carbocycles. The lowest BCUT2D eigenvalue weighted by Gasteiger charge is -2.18. The summed E-state index contributed by atoms with van der Waals surface area (Å²) in [6, 6.07) is 6.73. The average Bonchev–Trinajstić information content (AvgIpc) is 2.84. The maximum absolute atomic E-state index is 14.7. The molecular weight excluding hydrogens is 479 g/mol. The first kappa shape index (κ1) is 24.8. The number of benzene rings is 2. The van der Waals surface area contributed by atoms with E-state index in [1.54, 1.807) is 0 Å². The number of hydrogen-bond acceptors (Lipinski definition) is 7. The number of halogens is 3. The third-order valence-corrected chi connectivity index (χ3v) is 5.57. The summed E-state index contributed by atoms with van der Waals surface area (Å²) >= 11 is 0. The number of hydrogen-bond donors (Lipinski definition) is 4. The van der Waals surface area contributed by atoms with Gasteiger partial charge in [-0.3, -0.25) is 14.2 Å². The number of rotatable bonds is 7. The van der Waals surface area contributed by atoms with Crippen LogP contribution in [0.1, 0.15) is 15.9 Å². The number of pyridine rings is 1. The average molecular weight is 499 g/mol. The van der Waals surface area contributed by atoms with Crippen LogP contribution in [0, 0.1) is 24.4 Å². The van der Waals surface area contributed by atoms with Crippen molar-refractivity contribution in [3.63, 3.8) is 0 Å². The van der Waals surface area contributed by atoms with E-state index in [9.17, 15) is 33.0 Å². The molecule has 0 unspecified atom stereocenters. The van der Waals surface area contributed by atoms with Crippen LogP contribution in [0.3, 0.4) is 0 Å². The highest BCUT2D eigenvalue weighted by atomic mass is 19.1. The number of nitrogens with two attached hydrogens (primary N) is 1. The van der Waals surface area contributed by atoms with Gasteiger partial charge in [-0.15, -0.1) is 0 Å². The van der Waals surface area contributed by atoms with Crippen molar-refractivity contribution < 1.29 is 28.2 Å². The number of carbonyl (C=O) groups excluding carboxylic acids is 1. The Hall–Kier alpha value is -4.29. The number of fused-ring (bicyclic) bond motifs is 1. The summed E-state index contributed by atoms with van der Waals surface area (Å²) in [5, 5.41) is 21.7. The third-order valence-electron chi connectivity index (χ3n) is 5.57. The number of primary amides is 1. The number of carbonyl (C=O) groups is 1. The first-order valence-electron chi connectivity index (χ1n) is 10.6. The minimum Gasteiger partial charge on any atom is -0.394 e. The van der Waals surface area contributed by atoms with Crippen molar-refractivity contribution in [1.82, 2.24) is 14.5 Å². The van der Waals surface area contributed by atoms with Crippen LogP contribution in [-0.2, 0) is 0 Å². The van der Waals surface area contributed by atoms with Crippen molar-refractivity contribution in [2.75, 3.05) is 18.5 Å². The van der Waals surface area contributed by atoms with Gasteiger partial charge in [0.15, 0.2) is 5.65 Å². The van der Waals surface area contributed by atoms with Gasteiger partial charge in [-0.2, -0.15) is 4.98 Å². The summed E-state index contributed by atoms with van der Waals surface area (Å²) in [6.07, 6.45) is 0. The molecule has 0 radical (unpaired) electrons. The Kier molecular flexibility index (Phi) is 6.73. The number of nitrogens with zero attached hydrogens (tertiary/aromatic N) is 3. The van der Waals surface area contributed by atoms with Crippen molar-refractivity contribution >= 4 is 22.9 Å². The van der Waals surface area contributed by atoms with Crippen LogP contribution in [0.4, 0.5) is 19.1 Å². The van der Waals surface area contributed by atoms with Gasteiger partial charge in [0.1, 0.15) is 23.1 Å². The van der Waals surface area contributed by atoms with E-state index in [2.05, 4.69) is 15.3 Å². The zero-order valence-electron chi connectivity index (χ0n) is 18.8. The molecule has 4 rings (SSSR count). The van der Waals surface area contributed by atoms with Crippen LogP contribution in [0.2, 0.25) is 0 Å². The molecule has 186 valence electrons. The Morgan fingerprint density at radius 1 is 1.06 bits per heavy atom. The van der Waals surface area contributed by atoms with Crippen LogP contribution < -0.4 is 16.6 Å². The summed E-state index contributed by atoms with van der Waals surface area (Å²) in [4.78, 5) is 33.2. The topological polar surface area (TPSA) is 143 Å². The second-order valence-corrected chi connectivity index (χ2v) is 7.91. The molecule has 12 heteroatoms. The molecule has 0 bridgehead atoms. The van der Waals surface area contributed by atoms with Crippen LogP contribution in [-0.4, -0.2) is 49.9 Å². The van der Waals surface area contributed by atoms with Gasteiger partial charge in [-0.05, 0) is 42.8 Å². The second-order valence-electron chi connectivity index (χ2n) is 7.91. The SMILES string of the molecule is Cc1c(F)cc(C(N)=O)cc1-c1nc(NC(CO)CO)nc2c1ccc(=O)n2-c1c(F)cccc1F. The maximum Gasteiger partial charge on any atom is 0.256 e. The van der Waals surface area contributed by atoms with Crippen LogP contribution in [0.25, 0.3) is 28.0 Å². The molecule has 0 saturated carbocycles. The molecule has 1 amide bonds. The molecule has 0 aliphatic carbocycles. The number of amides is 1. The van der Waals surface area contributed by atoms with Crippen molar-refractivity contribution in [2.45, 2.75) is 13.0 Å². The first-order valence-corrected chi connectivity index (χ1v) is 10.6. The van der Waals surface area contributed by atoms with Gasteiger partial charge in [-0.1, -0.05) is 6.07 Å². The van der Waals surface area contributed by atoms with E-state index in [1.807, 2.05) is 0 Å². The first-order chi connectivity index (χ1) is 17.2. The normalized spacial score (nSPS) is 11.3. The maximum atomic E-state index is 14.7. The summed E-state index contributed by atoms with van der Waals surface area (Å²) in [7, 11) is 0. The quantitative estimate of drug-likeness (QED) is 0.305. The molecular formula is C24H20F3N5O4. The molecule has 2 aromatic heterocycles. The summed E-state index contributed by atoms with van der Waals surface area (Å²) in [5.41, 5.74) is 3.58. The standard InChI is InChI=1S/C24H20F3N5O4/c1-11-15(7-12(22(28)36)8-18(11)27)20-14-5-6-19(35)32(21-16(25)3-2-4-17(21)26)23(14)31-24(30-20)29-13(9-33)10-34/h2-8,13,33-34H,9-10H2,1H3,(H2,28,36)(H,29,30,31). The Bertz CT molecular complexity index is 1530. The summed E-state index contributed by atoms with van der Waals surface area (Å²) in [6.45, 7) is 0.371. The number of anilines is 1. The van der Waals surface area contributed by atoms with Crippen molar-refractivity contribution in [3.05, 3.63) is 81.4 Å². The van der Waals surface area contributed by atoms with Gasteiger partial charge in [0.25, 0.3) is 5.56 Å². The van der Waals surface area contributed by atoms with Crippen molar-refractivity contribution in [2.24, 2.45) is 5.73 Å². The number of para-hydroxylation sites is 1. The lowest BCUT2D eigenvalue weighted by atomic mass is 9.99. The van der Waals surface area contributed by atoms with E-state index < -0.39 is 53.9 Å². The van der Waals surface area contributed by atoms with E-state index in [0.29, 0.717) is 4.57 Å². The van der Waals surface area contributed by atoms with Crippen LogP contribution >= 0.6 is 0 Å². The molecule has 0 atom stereocenters. The fraction of sp³-hybridized carbons (Fsp3) is 0.167. The molecule has 4 aromatic rings. The minimum atomic E-state index is -1.04. The highest BCUT2D eigenvalue weighted by molar-refractivity contribution is 5.97. The van der Waals surface area contributed by atoms with Gasteiger partial charge in [0.2, 0.25) is 11.9 Å². The molecule has 0 fully saturated rings. The fourth-order valence-electron chi connectivity index (χ4n) is 3.70. The molecule has 0 aliphatic rings. The van der Waals surface area contributed by atoms with Crippen molar-refractivity contribution in [3.8, 4) is 16.9 Å². The number of aromatic nitrogens is 3. The van der Waals surface area contributed by atoms with Crippen LogP contribution in [0.5, 0.6) is 0 Å². The molecule has 5 N–H and O–H groups in total. The predicted molar refractivity (Wildman–Crippen MR) is 125 cm³/mol. The lowest BCUT2D eigenvalue weighted by Crippen LogP contribution is -2.29. The van der Waals surface area contributed by atoms with E-state index in [-0.39, 0.29) is 39.4 Å². The van der Waals surface area contributed by atoms with E-state index in [0.717, 1.165) is 30.3 Å². The van der Waals surface area contributed by atoms with E-state index >= 15 is 0 Å². The zero-order chi connectivity index (χ0) is 26.1. The Labute approximate surface area is 201 Å². The second kappa shape index (κ2) is 9.76. The van der Waals surface area contributed by atoms with E-state index in [4.69, 9.17) is 5.73 Å². The smallest absolute Gasteiger partial charge is 0.256 e. The number of aliphatic hydroxyl groups is 2. The molecule has 9 nitrogen and oxygen atoms in total. The molecule has 2 heterocycles. The predicted octanol–water partition coefficient (Wildman–Crippen LogP) is 2.04. The molecule has 0 aliphatic heterocycles. The van der Waals surface area contributed by atoms with E-state index in [1.165, 1.54) is 19.1 Å². The monoisotopic (exact) mass is 499 g/mol. The highest BCUT2D eigenvalue weighted by Crippen LogP contribution is 2.32. The summed E-state index contributed by atoms with van der Waals surface area (Å²) in [5.74, 6) is -4.00. The minimum absolute atomic E-state index is 0.00197. The third kappa shape index (κ3) is 4.39. The Morgan fingerprint density at radius 3 is 2.33 bits per heavy atom. The van der Waals surface area contributed by atoms with Gasteiger partial charge >= 0.3 is 0 Å². The number of nitrogens with one attached hydrogen (secondary N) is 1. The Morgan fingerprint density at radius 2 is 1.72 bits per heavy atom. The van der Waals surface area contributed by atoms with Crippen LogP contribution in [0.15, 0.2) is 47.3 Å². The Balaban J connectivity index is 2.15. The molecule has 0 saturated heterocycles. The highest BCUT2D eigenvalue weighted by Gasteiger charge is 2.22. The largest absolute Gasteiger partial charge is 0.394 e. The summed E-state index contributed by atoms with van der Waals surface area (Å²) < 4.78 is 44.9. The molecule has 36 heavy (non-hydrogen) atoms. The van der Waals surface area contributed by atoms with Gasteiger partial charge in [0.05, 0.1) is 24.9 Å². The fourth-order valence-corrected chi connectivity index (χ4v) is 3.70. The number of aliphatic hydroxyl groups excluding tert-OH is 2. The van der Waals surface area contributed by atoms with Gasteiger partial charge in [-0.25, -0.2) is 18.2 Å². The van der Waals surface area contributed by atoms with Gasteiger partial charge < -0.3 is 21.3 Å². The van der Waals surface area contributed by atoms with Crippen molar-refractivity contribution in [1.29, 1.82) is 0 Å². The lowest BCUT2D eigenvalue weighted by molar-refractivity contribution is 0.1000. The molecule has 0 spiro atoms.